The maximum absolute atomic E-state index is 2.51. The van der Waals surface area contributed by atoms with Crippen LogP contribution in [0.3, 0.4) is 0 Å². The number of nitrogens with zero attached hydrogens (tertiary/aromatic N) is 1. The Bertz CT molecular complexity index is 3510. The summed E-state index contributed by atoms with van der Waals surface area (Å²) < 4.78 is 0. The third-order valence-corrected chi connectivity index (χ3v) is 15.2. The molecule has 1 nitrogen and oxygen atoms in total. The highest BCUT2D eigenvalue weighted by molar-refractivity contribution is 5.94. The summed E-state index contributed by atoms with van der Waals surface area (Å²) in [6.07, 6.45) is 0. The van der Waals surface area contributed by atoms with Gasteiger partial charge in [-0.05, 0) is 114 Å². The molecule has 66 heavy (non-hydrogen) atoms. The molecule has 0 radical (unpaired) electrons. The molecule has 2 unspecified atom stereocenters. The SMILES string of the molecule is CC1(C)c2ccccc2-c2ccc(N(c3cccc(C4(c5ccccc5)c5ccccc5C5(c6ccccc6)c6ccccc6-c6cccc4c65)c3)c3ccccc3-c3ccccc3)cc21. The van der Waals surface area contributed by atoms with E-state index in [0.717, 1.165) is 17.1 Å². The van der Waals surface area contributed by atoms with Crippen molar-refractivity contribution in [2.45, 2.75) is 30.1 Å². The summed E-state index contributed by atoms with van der Waals surface area (Å²) in [7, 11) is 0. The lowest BCUT2D eigenvalue weighted by Crippen LogP contribution is -2.44. The average molecular weight is 842 g/mol. The third-order valence-electron chi connectivity index (χ3n) is 15.2. The first kappa shape index (κ1) is 38.5. The molecule has 0 spiro atoms. The van der Waals surface area contributed by atoms with Crippen LogP contribution in [0, 0.1) is 0 Å². The Morgan fingerprint density at radius 2 is 0.758 bits per heavy atom. The van der Waals surface area contributed by atoms with E-state index in [1.54, 1.807) is 0 Å². The van der Waals surface area contributed by atoms with Crippen LogP contribution in [0.4, 0.5) is 17.1 Å². The van der Waals surface area contributed by atoms with Crippen LogP contribution in [0.5, 0.6) is 0 Å². The minimum atomic E-state index is -0.675. The Hall–Kier alpha value is -8.00. The Morgan fingerprint density at radius 3 is 1.47 bits per heavy atom. The van der Waals surface area contributed by atoms with Crippen LogP contribution >= 0.6 is 0 Å². The standard InChI is InChI=1S/C65H47N/c1-63(2)55-34-15-12-31-51(55)53-41-40-49(43-60(53)63)66(61-39-19-14-30-50(61)44-22-6-3-7-23-44)48-29-20-28-47(42-48)64(45-24-8-4-9-25-45)57-36-17-18-37-58(57)65(46-26-10-5-11-27-46)56-35-16-13-32-52(56)54-33-21-38-59(64)62(54)65/h3-43H,1-2H3. The van der Waals surface area contributed by atoms with Gasteiger partial charge in [0.2, 0.25) is 0 Å². The minimum Gasteiger partial charge on any atom is -0.310 e. The summed E-state index contributed by atoms with van der Waals surface area (Å²) in [6, 6.07) is 93.4. The molecular weight excluding hydrogens is 795 g/mol. The average Bonchev–Trinajstić information content (AvgIpc) is 3.82. The molecule has 10 aromatic carbocycles. The molecule has 2 atom stereocenters. The summed E-state index contributed by atoms with van der Waals surface area (Å²) in [5.41, 5.74) is 22.8. The van der Waals surface area contributed by atoms with E-state index in [1.165, 1.54) is 89.0 Å². The zero-order chi connectivity index (χ0) is 44.0. The van der Waals surface area contributed by atoms with E-state index in [0.29, 0.717) is 0 Å². The Kier molecular flexibility index (Phi) is 8.45. The highest BCUT2D eigenvalue weighted by atomic mass is 15.1. The van der Waals surface area contributed by atoms with Crippen LogP contribution < -0.4 is 4.90 Å². The summed E-state index contributed by atoms with van der Waals surface area (Å²) in [6.45, 7) is 4.75. The van der Waals surface area contributed by atoms with Crippen molar-refractivity contribution in [3.05, 3.63) is 304 Å². The molecule has 1 heteroatoms. The molecule has 3 aliphatic rings. The predicted octanol–water partition coefficient (Wildman–Crippen LogP) is 16.2. The number of benzene rings is 10. The highest BCUT2D eigenvalue weighted by Crippen LogP contribution is 2.66. The van der Waals surface area contributed by atoms with Gasteiger partial charge in [-0.2, -0.15) is 0 Å². The van der Waals surface area contributed by atoms with Crippen molar-refractivity contribution in [2.24, 2.45) is 0 Å². The van der Waals surface area contributed by atoms with Gasteiger partial charge in [-0.15, -0.1) is 0 Å². The van der Waals surface area contributed by atoms with Crippen LogP contribution in [0.1, 0.15) is 69.5 Å². The summed E-state index contributed by atoms with van der Waals surface area (Å²) in [5, 5.41) is 0. The van der Waals surface area contributed by atoms with Gasteiger partial charge in [-0.1, -0.05) is 232 Å². The first-order valence-corrected chi connectivity index (χ1v) is 23.3. The van der Waals surface area contributed by atoms with E-state index in [2.05, 4.69) is 267 Å². The van der Waals surface area contributed by atoms with Gasteiger partial charge in [0, 0.05) is 22.4 Å². The van der Waals surface area contributed by atoms with E-state index in [4.69, 9.17) is 0 Å². The van der Waals surface area contributed by atoms with E-state index >= 15 is 0 Å². The van der Waals surface area contributed by atoms with Crippen LogP contribution in [-0.2, 0) is 16.2 Å². The molecule has 13 rings (SSSR count). The molecule has 0 amide bonds. The fourth-order valence-electron chi connectivity index (χ4n) is 12.5. The lowest BCUT2D eigenvalue weighted by Gasteiger charge is -2.49. The zero-order valence-corrected chi connectivity index (χ0v) is 37.1. The molecule has 0 N–H and O–H groups in total. The number of rotatable bonds is 7. The van der Waals surface area contributed by atoms with Crippen molar-refractivity contribution >= 4 is 17.1 Å². The lowest BCUT2D eigenvalue weighted by atomic mass is 9.51. The van der Waals surface area contributed by atoms with Gasteiger partial charge in [-0.3, -0.25) is 0 Å². The molecule has 0 saturated heterocycles. The monoisotopic (exact) mass is 841 g/mol. The van der Waals surface area contributed by atoms with Crippen LogP contribution in [0.2, 0.25) is 0 Å². The molecule has 312 valence electrons. The normalized spacial score (nSPS) is 17.8. The van der Waals surface area contributed by atoms with Crippen molar-refractivity contribution in [2.75, 3.05) is 4.90 Å². The predicted molar refractivity (Wildman–Crippen MR) is 273 cm³/mol. The van der Waals surface area contributed by atoms with Gasteiger partial charge in [-0.25, -0.2) is 0 Å². The minimum absolute atomic E-state index is 0.159. The van der Waals surface area contributed by atoms with E-state index in [9.17, 15) is 0 Å². The maximum Gasteiger partial charge on any atom is 0.0720 e. The van der Waals surface area contributed by atoms with Crippen LogP contribution in [0.25, 0.3) is 33.4 Å². The number of hydrogen-bond acceptors (Lipinski definition) is 1. The summed E-state index contributed by atoms with van der Waals surface area (Å²) in [5.74, 6) is 0. The first-order valence-electron chi connectivity index (χ1n) is 23.3. The Morgan fingerprint density at radius 1 is 0.288 bits per heavy atom. The van der Waals surface area contributed by atoms with Crippen molar-refractivity contribution in [1.29, 1.82) is 0 Å². The first-order chi connectivity index (χ1) is 32.5. The molecule has 0 saturated carbocycles. The fourth-order valence-corrected chi connectivity index (χ4v) is 12.5. The number of para-hydroxylation sites is 1. The fraction of sp³-hybridized carbons (Fsp3) is 0.0769. The van der Waals surface area contributed by atoms with Crippen LogP contribution in [0.15, 0.2) is 249 Å². The topological polar surface area (TPSA) is 3.24 Å². The molecular formula is C65H47N. The number of anilines is 3. The molecule has 10 aromatic rings. The van der Waals surface area contributed by atoms with Crippen molar-refractivity contribution in [3.8, 4) is 33.4 Å². The molecule has 0 aromatic heterocycles. The Balaban J connectivity index is 1.11. The van der Waals surface area contributed by atoms with Crippen molar-refractivity contribution in [1.82, 2.24) is 0 Å². The third kappa shape index (κ3) is 5.17. The van der Waals surface area contributed by atoms with Gasteiger partial charge < -0.3 is 4.90 Å². The number of hydrogen-bond donors (Lipinski definition) is 0. The van der Waals surface area contributed by atoms with E-state index in [-0.39, 0.29) is 5.41 Å². The summed E-state index contributed by atoms with van der Waals surface area (Å²) in [4.78, 5) is 2.51. The molecule has 0 bridgehead atoms. The van der Waals surface area contributed by atoms with Crippen molar-refractivity contribution in [3.63, 3.8) is 0 Å². The molecule has 0 fully saturated rings. The Labute approximate surface area is 388 Å². The lowest BCUT2D eigenvalue weighted by molar-refractivity contribution is 0.627. The van der Waals surface area contributed by atoms with E-state index in [1.807, 2.05) is 0 Å². The number of fused-ring (bicyclic) bond motifs is 8. The van der Waals surface area contributed by atoms with Gasteiger partial charge in [0.15, 0.2) is 0 Å². The van der Waals surface area contributed by atoms with Crippen molar-refractivity contribution < 1.29 is 0 Å². The van der Waals surface area contributed by atoms with Gasteiger partial charge in [0.1, 0.15) is 0 Å². The second-order valence-electron chi connectivity index (χ2n) is 18.7. The molecule has 3 aliphatic carbocycles. The quantitative estimate of drug-likeness (QED) is 0.155. The maximum atomic E-state index is 2.51. The molecule has 0 heterocycles. The van der Waals surface area contributed by atoms with Gasteiger partial charge in [0.25, 0.3) is 0 Å². The second kappa shape index (κ2) is 14.5. The largest absolute Gasteiger partial charge is 0.310 e. The molecule has 0 aliphatic heterocycles. The van der Waals surface area contributed by atoms with Gasteiger partial charge >= 0.3 is 0 Å². The summed E-state index contributed by atoms with van der Waals surface area (Å²) >= 11 is 0. The van der Waals surface area contributed by atoms with Crippen LogP contribution in [-0.4, -0.2) is 0 Å². The smallest absolute Gasteiger partial charge is 0.0720 e. The second-order valence-corrected chi connectivity index (χ2v) is 18.7. The highest BCUT2D eigenvalue weighted by Gasteiger charge is 2.57. The van der Waals surface area contributed by atoms with Gasteiger partial charge in [0.05, 0.1) is 16.5 Å². The zero-order valence-electron chi connectivity index (χ0n) is 37.1. The van der Waals surface area contributed by atoms with E-state index < -0.39 is 10.8 Å².